The first kappa shape index (κ1) is 15.6. The van der Waals surface area contributed by atoms with E-state index in [2.05, 4.69) is 25.5 Å². The molecule has 0 aliphatic heterocycles. The minimum absolute atomic E-state index is 0.282. The van der Waals surface area contributed by atoms with E-state index in [0.717, 1.165) is 5.39 Å². The zero-order valence-electron chi connectivity index (χ0n) is 13.4. The van der Waals surface area contributed by atoms with Crippen molar-refractivity contribution in [2.24, 2.45) is 0 Å². The molecule has 0 spiro atoms. The normalized spacial score (nSPS) is 11.3. The summed E-state index contributed by atoms with van der Waals surface area (Å²) in [6.45, 7) is 1.73. The molecule has 2 N–H and O–H groups in total. The van der Waals surface area contributed by atoms with Crippen molar-refractivity contribution in [3.05, 3.63) is 36.2 Å². The quantitative estimate of drug-likeness (QED) is 0.433. The van der Waals surface area contributed by atoms with E-state index in [1.165, 1.54) is 11.8 Å². The molecule has 7 nitrogen and oxygen atoms in total. The van der Waals surface area contributed by atoms with E-state index in [9.17, 15) is 9.18 Å². The first-order valence-electron chi connectivity index (χ1n) is 7.38. The Hall–Kier alpha value is -2.94. The minimum Gasteiger partial charge on any atom is -0.312 e. The van der Waals surface area contributed by atoms with Crippen LogP contribution in [0.2, 0.25) is 0 Å². The van der Waals surface area contributed by atoms with Crippen LogP contribution in [0.25, 0.3) is 27.8 Å². The zero-order valence-corrected chi connectivity index (χ0v) is 14.2. The number of benzene rings is 1. The highest BCUT2D eigenvalue weighted by atomic mass is 32.2. The highest BCUT2D eigenvalue weighted by molar-refractivity contribution is 7.98. The Bertz CT molecular complexity index is 1120. The lowest BCUT2D eigenvalue weighted by Crippen LogP contribution is -1.97. The molecule has 0 bridgehead atoms. The smallest absolute Gasteiger partial charge is 0.212 e. The van der Waals surface area contributed by atoms with Gasteiger partial charge in [-0.3, -0.25) is 14.9 Å². The van der Waals surface area contributed by atoms with Crippen LogP contribution < -0.4 is 5.32 Å². The number of hydrogen-bond donors (Lipinski definition) is 2. The second kappa shape index (κ2) is 5.85. The Morgan fingerprint density at radius 2 is 2.20 bits per heavy atom. The fourth-order valence-electron chi connectivity index (χ4n) is 2.92. The van der Waals surface area contributed by atoms with Gasteiger partial charge in [0.2, 0.25) is 6.41 Å². The molecule has 1 amide bonds. The zero-order chi connectivity index (χ0) is 17.6. The summed E-state index contributed by atoms with van der Waals surface area (Å²) in [5, 5.41) is 10.2. The van der Waals surface area contributed by atoms with Gasteiger partial charge in [0.05, 0.1) is 34.7 Å². The SMILES string of the molecule is CSc1c(F)c(C)c(-c2cn3cc(NC=O)nc3cn2)c2cn[nH]c12. The van der Waals surface area contributed by atoms with Gasteiger partial charge in [-0.1, -0.05) is 0 Å². The van der Waals surface area contributed by atoms with Crippen molar-refractivity contribution in [2.75, 3.05) is 11.6 Å². The van der Waals surface area contributed by atoms with E-state index in [1.54, 1.807) is 36.1 Å². The Kier molecular flexibility index (Phi) is 3.65. The molecule has 0 saturated carbocycles. The third-order valence-corrected chi connectivity index (χ3v) is 4.84. The third-order valence-electron chi connectivity index (χ3n) is 4.05. The van der Waals surface area contributed by atoms with Gasteiger partial charge < -0.3 is 9.72 Å². The number of carbonyl (C=O) groups is 1. The number of H-pyrrole nitrogens is 1. The molecule has 3 aromatic heterocycles. The summed E-state index contributed by atoms with van der Waals surface area (Å²) in [6, 6.07) is 0. The molecule has 1 aromatic carbocycles. The van der Waals surface area contributed by atoms with Crippen molar-refractivity contribution in [2.45, 2.75) is 11.8 Å². The molecule has 0 fully saturated rings. The number of fused-ring (bicyclic) bond motifs is 2. The van der Waals surface area contributed by atoms with Crippen LogP contribution in [0.3, 0.4) is 0 Å². The number of hydrogen-bond acceptors (Lipinski definition) is 5. The van der Waals surface area contributed by atoms with E-state index >= 15 is 0 Å². The average Bonchev–Trinajstić information content (AvgIpc) is 3.22. The number of carbonyl (C=O) groups excluding carboxylic acids is 1. The number of anilines is 1. The van der Waals surface area contributed by atoms with Crippen molar-refractivity contribution < 1.29 is 9.18 Å². The van der Waals surface area contributed by atoms with Crippen LogP contribution in [-0.4, -0.2) is 37.2 Å². The maximum Gasteiger partial charge on any atom is 0.212 e. The molecule has 0 saturated heterocycles. The standard InChI is InChI=1S/C16H13FN6OS/c1-8-13(9-3-20-22-15(9)16(25-2)14(8)17)10-5-23-6-11(19-7-24)21-12(23)4-18-10/h3-7H,1-2H3,(H,19,24)(H,20,22). The Labute approximate surface area is 145 Å². The van der Waals surface area contributed by atoms with Gasteiger partial charge in [0.25, 0.3) is 0 Å². The summed E-state index contributed by atoms with van der Waals surface area (Å²) in [4.78, 5) is 19.7. The third kappa shape index (κ3) is 2.35. The second-order valence-electron chi connectivity index (χ2n) is 5.43. The van der Waals surface area contributed by atoms with Gasteiger partial charge in [-0.05, 0) is 18.7 Å². The monoisotopic (exact) mass is 356 g/mol. The van der Waals surface area contributed by atoms with Crippen molar-refractivity contribution in [3.8, 4) is 11.3 Å². The van der Waals surface area contributed by atoms with Gasteiger partial charge in [0.15, 0.2) is 11.5 Å². The number of rotatable bonds is 4. The summed E-state index contributed by atoms with van der Waals surface area (Å²) < 4.78 is 16.5. The first-order chi connectivity index (χ1) is 12.1. The number of thioether (sulfide) groups is 1. The van der Waals surface area contributed by atoms with Crippen LogP contribution in [0.5, 0.6) is 0 Å². The predicted molar refractivity (Wildman–Crippen MR) is 94.2 cm³/mol. The topological polar surface area (TPSA) is 88.0 Å². The molecule has 3 heterocycles. The number of aromatic amines is 1. The lowest BCUT2D eigenvalue weighted by atomic mass is 10.0. The maximum atomic E-state index is 14.8. The van der Waals surface area contributed by atoms with Gasteiger partial charge in [0, 0.05) is 17.1 Å². The lowest BCUT2D eigenvalue weighted by molar-refractivity contribution is -0.105. The van der Waals surface area contributed by atoms with Gasteiger partial charge in [-0.2, -0.15) is 5.10 Å². The summed E-state index contributed by atoms with van der Waals surface area (Å²) in [7, 11) is 0. The van der Waals surface area contributed by atoms with Crippen LogP contribution in [0.1, 0.15) is 5.56 Å². The van der Waals surface area contributed by atoms with E-state index < -0.39 is 0 Å². The summed E-state index contributed by atoms with van der Waals surface area (Å²) in [5.74, 6) is 0.137. The number of aromatic nitrogens is 5. The van der Waals surface area contributed by atoms with Crippen LogP contribution in [0, 0.1) is 12.7 Å². The molecule has 9 heteroatoms. The Morgan fingerprint density at radius 3 is 2.96 bits per heavy atom. The minimum atomic E-state index is -0.282. The molecule has 0 radical (unpaired) electrons. The van der Waals surface area contributed by atoms with E-state index in [4.69, 9.17) is 0 Å². The van der Waals surface area contributed by atoms with E-state index in [0.29, 0.717) is 45.1 Å². The fourth-order valence-corrected chi connectivity index (χ4v) is 3.61. The van der Waals surface area contributed by atoms with Gasteiger partial charge in [0.1, 0.15) is 5.82 Å². The Balaban J connectivity index is 1.98. The van der Waals surface area contributed by atoms with E-state index in [-0.39, 0.29) is 5.82 Å². The highest BCUT2D eigenvalue weighted by Gasteiger charge is 2.20. The molecule has 0 unspecified atom stereocenters. The van der Waals surface area contributed by atoms with Gasteiger partial charge in [-0.25, -0.2) is 9.37 Å². The number of halogens is 1. The second-order valence-corrected chi connectivity index (χ2v) is 6.25. The molecular formula is C16H13FN6OS. The van der Waals surface area contributed by atoms with Crippen molar-refractivity contribution in [1.29, 1.82) is 0 Å². The molecule has 0 aliphatic rings. The van der Waals surface area contributed by atoms with Crippen molar-refractivity contribution >= 4 is 40.5 Å². The molecule has 0 atom stereocenters. The van der Waals surface area contributed by atoms with Crippen molar-refractivity contribution in [1.82, 2.24) is 24.6 Å². The molecule has 0 aliphatic carbocycles. The van der Waals surface area contributed by atoms with Crippen LogP contribution in [0.4, 0.5) is 10.2 Å². The van der Waals surface area contributed by atoms with E-state index in [1.807, 2.05) is 6.26 Å². The molecule has 4 rings (SSSR count). The van der Waals surface area contributed by atoms with Crippen LogP contribution in [0.15, 0.2) is 29.7 Å². The maximum absolute atomic E-state index is 14.8. The first-order valence-corrected chi connectivity index (χ1v) is 8.61. The average molecular weight is 356 g/mol. The lowest BCUT2D eigenvalue weighted by Gasteiger charge is -2.12. The van der Waals surface area contributed by atoms with Crippen LogP contribution >= 0.6 is 11.8 Å². The van der Waals surface area contributed by atoms with Crippen molar-refractivity contribution in [3.63, 3.8) is 0 Å². The largest absolute Gasteiger partial charge is 0.312 e. The van der Waals surface area contributed by atoms with Gasteiger partial charge >= 0.3 is 0 Å². The summed E-state index contributed by atoms with van der Waals surface area (Å²) >= 11 is 1.34. The number of nitrogens with zero attached hydrogens (tertiary/aromatic N) is 4. The molecule has 4 aromatic rings. The summed E-state index contributed by atoms with van der Waals surface area (Å²) in [5.41, 5.74) is 3.02. The molecular weight excluding hydrogens is 343 g/mol. The highest BCUT2D eigenvalue weighted by Crippen LogP contribution is 2.38. The summed E-state index contributed by atoms with van der Waals surface area (Å²) in [6.07, 6.45) is 9.07. The predicted octanol–water partition coefficient (Wildman–Crippen LogP) is 3.01. The Morgan fingerprint density at radius 1 is 1.36 bits per heavy atom. The number of nitrogens with one attached hydrogen (secondary N) is 2. The molecule has 126 valence electrons. The fraction of sp³-hybridized carbons (Fsp3) is 0.125. The molecule has 25 heavy (non-hydrogen) atoms. The number of imidazole rings is 1. The van der Waals surface area contributed by atoms with Gasteiger partial charge in [-0.15, -0.1) is 11.8 Å². The van der Waals surface area contributed by atoms with Crippen LogP contribution in [-0.2, 0) is 4.79 Å². The number of amides is 1.